The third kappa shape index (κ3) is 2.51. The van der Waals surface area contributed by atoms with Gasteiger partial charge in [-0.1, -0.05) is 11.3 Å². The molecule has 1 heterocycles. The minimum Gasteiger partial charge on any atom is -0.481 e. The molecule has 0 unspecified atom stereocenters. The number of thiophene rings is 1. The molecule has 0 fully saturated rings. The zero-order valence-electron chi connectivity index (χ0n) is 6.91. The molecular weight excluding hydrogens is 210 g/mol. The Labute approximate surface area is 82.6 Å². The molecule has 76 valence electrons. The highest BCUT2D eigenvalue weighted by Gasteiger charge is 2.17. The van der Waals surface area contributed by atoms with E-state index in [0.29, 0.717) is 4.88 Å². The monoisotopic (exact) mass is 217 g/mol. The first kappa shape index (κ1) is 10.6. The fourth-order valence-corrected chi connectivity index (χ4v) is 1.69. The van der Waals surface area contributed by atoms with Crippen LogP contribution in [-0.4, -0.2) is 21.1 Å². The van der Waals surface area contributed by atoms with Crippen molar-refractivity contribution >= 4 is 22.3 Å². The standard InChI is InChI=1S/C7H7NO5S/c9-4(3-7(10)11)5-1-2-6(14-5)8(12)13/h1-2,4,9H,3H2,(H,10,11)/t4-/m1/s1. The lowest BCUT2D eigenvalue weighted by Crippen LogP contribution is -2.03. The Morgan fingerprint density at radius 1 is 1.64 bits per heavy atom. The number of hydrogen-bond donors (Lipinski definition) is 2. The molecule has 0 amide bonds. The molecule has 0 aliphatic rings. The van der Waals surface area contributed by atoms with Gasteiger partial charge in [-0.05, 0) is 6.07 Å². The van der Waals surface area contributed by atoms with Crippen molar-refractivity contribution in [2.45, 2.75) is 12.5 Å². The summed E-state index contributed by atoms with van der Waals surface area (Å²) < 4.78 is 0. The number of carbonyl (C=O) groups is 1. The highest BCUT2D eigenvalue weighted by Crippen LogP contribution is 2.30. The van der Waals surface area contributed by atoms with E-state index in [0.717, 1.165) is 11.3 Å². The summed E-state index contributed by atoms with van der Waals surface area (Å²) in [5.41, 5.74) is 0. The van der Waals surface area contributed by atoms with E-state index in [4.69, 9.17) is 5.11 Å². The van der Waals surface area contributed by atoms with E-state index < -0.39 is 23.4 Å². The Balaban J connectivity index is 2.76. The van der Waals surface area contributed by atoms with E-state index in [1.807, 2.05) is 0 Å². The molecule has 1 aromatic heterocycles. The Hall–Kier alpha value is -1.47. The van der Waals surface area contributed by atoms with Crippen LogP contribution in [0, 0.1) is 10.1 Å². The molecule has 0 saturated carbocycles. The van der Waals surface area contributed by atoms with Gasteiger partial charge in [0.2, 0.25) is 0 Å². The van der Waals surface area contributed by atoms with Crippen LogP contribution in [0.2, 0.25) is 0 Å². The van der Waals surface area contributed by atoms with Crippen LogP contribution >= 0.6 is 11.3 Å². The lowest BCUT2D eigenvalue weighted by atomic mass is 10.2. The van der Waals surface area contributed by atoms with Gasteiger partial charge >= 0.3 is 11.0 Å². The summed E-state index contributed by atoms with van der Waals surface area (Å²) in [4.78, 5) is 20.2. The van der Waals surface area contributed by atoms with Gasteiger partial charge in [-0.25, -0.2) is 0 Å². The number of nitro groups is 1. The number of nitrogens with zero attached hydrogens (tertiary/aromatic N) is 1. The summed E-state index contributed by atoms with van der Waals surface area (Å²) in [6, 6.07) is 2.60. The van der Waals surface area contributed by atoms with Crippen molar-refractivity contribution in [3.63, 3.8) is 0 Å². The van der Waals surface area contributed by atoms with Crippen LogP contribution in [0.5, 0.6) is 0 Å². The van der Waals surface area contributed by atoms with Crippen LogP contribution in [0.1, 0.15) is 17.4 Å². The first-order valence-corrected chi connectivity index (χ1v) is 4.46. The Morgan fingerprint density at radius 2 is 2.29 bits per heavy atom. The quantitative estimate of drug-likeness (QED) is 0.582. The third-order valence-electron chi connectivity index (χ3n) is 1.49. The van der Waals surface area contributed by atoms with E-state index in [-0.39, 0.29) is 5.00 Å². The van der Waals surface area contributed by atoms with E-state index in [1.54, 1.807) is 0 Å². The van der Waals surface area contributed by atoms with Gasteiger partial charge in [-0.2, -0.15) is 0 Å². The van der Waals surface area contributed by atoms with Crippen molar-refractivity contribution in [2.75, 3.05) is 0 Å². The van der Waals surface area contributed by atoms with E-state index in [2.05, 4.69) is 0 Å². The number of carboxylic acid groups (broad SMARTS) is 1. The topological polar surface area (TPSA) is 101 Å². The summed E-state index contributed by atoms with van der Waals surface area (Å²) >= 11 is 0.779. The van der Waals surface area contributed by atoms with Crippen molar-refractivity contribution in [1.82, 2.24) is 0 Å². The predicted molar refractivity (Wildman–Crippen MR) is 48.2 cm³/mol. The van der Waals surface area contributed by atoms with Crippen LogP contribution in [-0.2, 0) is 4.79 Å². The molecule has 14 heavy (non-hydrogen) atoms. The average molecular weight is 217 g/mol. The maximum atomic E-state index is 10.3. The predicted octanol–water partition coefficient (Wildman–Crippen LogP) is 1.16. The van der Waals surface area contributed by atoms with Crippen molar-refractivity contribution in [2.24, 2.45) is 0 Å². The zero-order valence-corrected chi connectivity index (χ0v) is 7.73. The highest BCUT2D eigenvalue weighted by molar-refractivity contribution is 7.15. The molecule has 1 aromatic rings. The smallest absolute Gasteiger partial charge is 0.324 e. The molecule has 0 radical (unpaired) electrons. The zero-order chi connectivity index (χ0) is 10.7. The normalized spacial score (nSPS) is 12.4. The fraction of sp³-hybridized carbons (Fsp3) is 0.286. The molecule has 0 aliphatic carbocycles. The van der Waals surface area contributed by atoms with Crippen molar-refractivity contribution < 1.29 is 19.9 Å². The molecule has 0 bridgehead atoms. The first-order valence-electron chi connectivity index (χ1n) is 3.64. The number of rotatable bonds is 4. The van der Waals surface area contributed by atoms with Crippen molar-refractivity contribution in [3.8, 4) is 0 Å². The van der Waals surface area contributed by atoms with Crippen LogP contribution < -0.4 is 0 Å². The molecule has 0 aromatic carbocycles. The van der Waals surface area contributed by atoms with Gasteiger partial charge in [-0.15, -0.1) is 0 Å². The SMILES string of the molecule is O=C(O)C[C@@H](O)c1ccc([N+](=O)[O-])s1. The summed E-state index contributed by atoms with van der Waals surface area (Å²) in [6.45, 7) is 0. The van der Waals surface area contributed by atoms with Crippen LogP contribution in [0.3, 0.4) is 0 Å². The van der Waals surface area contributed by atoms with Gasteiger partial charge < -0.3 is 10.2 Å². The molecular formula is C7H7NO5S. The van der Waals surface area contributed by atoms with Crippen LogP contribution in [0.25, 0.3) is 0 Å². The van der Waals surface area contributed by atoms with E-state index >= 15 is 0 Å². The molecule has 0 saturated heterocycles. The van der Waals surface area contributed by atoms with Gasteiger partial charge in [0.15, 0.2) is 0 Å². The Kier molecular flexibility index (Phi) is 3.15. The summed E-state index contributed by atoms with van der Waals surface area (Å²) in [6.07, 6.45) is -1.62. The number of aliphatic hydroxyl groups excluding tert-OH is 1. The van der Waals surface area contributed by atoms with E-state index in [1.165, 1.54) is 12.1 Å². The Bertz CT molecular complexity index is 361. The van der Waals surface area contributed by atoms with Gasteiger partial charge in [0.05, 0.1) is 17.4 Å². The molecule has 0 aliphatic heterocycles. The maximum absolute atomic E-state index is 10.3. The second kappa shape index (κ2) is 4.16. The lowest BCUT2D eigenvalue weighted by Gasteiger charge is -2.02. The molecule has 0 spiro atoms. The number of hydrogen-bond acceptors (Lipinski definition) is 5. The fourth-order valence-electron chi connectivity index (χ4n) is 0.885. The van der Waals surface area contributed by atoms with Crippen molar-refractivity contribution in [3.05, 3.63) is 27.1 Å². The van der Waals surface area contributed by atoms with Crippen LogP contribution in [0.15, 0.2) is 12.1 Å². The largest absolute Gasteiger partial charge is 0.481 e. The lowest BCUT2D eigenvalue weighted by molar-refractivity contribution is -0.380. The van der Waals surface area contributed by atoms with E-state index in [9.17, 15) is 20.0 Å². The second-order valence-electron chi connectivity index (χ2n) is 2.55. The highest BCUT2D eigenvalue weighted by atomic mass is 32.1. The summed E-state index contributed by atoms with van der Waals surface area (Å²) in [7, 11) is 0. The molecule has 1 rings (SSSR count). The molecule has 2 N–H and O–H groups in total. The van der Waals surface area contributed by atoms with Gasteiger partial charge in [0.1, 0.15) is 0 Å². The Morgan fingerprint density at radius 3 is 2.71 bits per heavy atom. The molecule has 7 heteroatoms. The number of carboxylic acids is 1. The van der Waals surface area contributed by atoms with Gasteiger partial charge in [-0.3, -0.25) is 14.9 Å². The summed E-state index contributed by atoms with van der Waals surface area (Å²) in [5, 5.41) is 27.8. The second-order valence-corrected chi connectivity index (χ2v) is 3.64. The summed E-state index contributed by atoms with van der Waals surface area (Å²) in [5.74, 6) is -1.14. The molecule has 6 nitrogen and oxygen atoms in total. The van der Waals surface area contributed by atoms with Gasteiger partial charge in [0.25, 0.3) is 0 Å². The van der Waals surface area contributed by atoms with Crippen LogP contribution in [0.4, 0.5) is 5.00 Å². The van der Waals surface area contributed by atoms with Crippen molar-refractivity contribution in [1.29, 1.82) is 0 Å². The number of aliphatic carboxylic acids is 1. The first-order chi connectivity index (χ1) is 6.50. The minimum absolute atomic E-state index is 0.107. The van der Waals surface area contributed by atoms with Gasteiger partial charge in [0, 0.05) is 10.9 Å². The minimum atomic E-state index is -1.17. The molecule has 1 atom stereocenters. The maximum Gasteiger partial charge on any atom is 0.324 e. The number of aliphatic hydroxyl groups is 1. The third-order valence-corrected chi connectivity index (χ3v) is 2.63. The average Bonchev–Trinajstić information content (AvgIpc) is 2.50.